The maximum Gasteiger partial charge on any atom is 0.0713 e. The average Bonchev–Trinajstić information content (AvgIpc) is 3.61. The van der Waals surface area contributed by atoms with Crippen molar-refractivity contribution in [3.63, 3.8) is 0 Å². The molecule has 0 amide bonds. The van der Waals surface area contributed by atoms with Crippen molar-refractivity contribution in [2.75, 3.05) is 4.90 Å². The van der Waals surface area contributed by atoms with Gasteiger partial charge in [-0.15, -0.1) is 0 Å². The predicted molar refractivity (Wildman–Crippen MR) is 244 cm³/mol. The highest BCUT2D eigenvalue weighted by Crippen LogP contribution is 2.58. The number of benzene rings is 10. The smallest absolute Gasteiger partial charge is 0.0713 e. The number of anilines is 3. The highest BCUT2D eigenvalue weighted by molar-refractivity contribution is 5.97. The molecule has 0 heterocycles. The third-order valence-electron chi connectivity index (χ3n) is 12.1. The van der Waals surface area contributed by atoms with E-state index in [1.807, 2.05) is 0 Å². The lowest BCUT2D eigenvalue weighted by Gasteiger charge is -2.34. The van der Waals surface area contributed by atoms with Crippen LogP contribution in [0, 0.1) is 0 Å². The van der Waals surface area contributed by atoms with Gasteiger partial charge in [-0.05, 0) is 120 Å². The summed E-state index contributed by atoms with van der Waals surface area (Å²) in [6.07, 6.45) is 0. The van der Waals surface area contributed by atoms with Crippen molar-refractivity contribution in [2.45, 2.75) is 5.41 Å². The van der Waals surface area contributed by atoms with Gasteiger partial charge in [0.05, 0.1) is 5.41 Å². The second-order valence-corrected chi connectivity index (χ2v) is 15.3. The van der Waals surface area contributed by atoms with Crippen molar-refractivity contribution < 1.29 is 0 Å². The summed E-state index contributed by atoms with van der Waals surface area (Å²) < 4.78 is 0. The molecular weight excluding hydrogens is 699 g/mol. The van der Waals surface area contributed by atoms with Gasteiger partial charge in [0.25, 0.3) is 0 Å². The van der Waals surface area contributed by atoms with Crippen LogP contribution in [-0.4, -0.2) is 0 Å². The Kier molecular flexibility index (Phi) is 8.12. The summed E-state index contributed by atoms with van der Waals surface area (Å²) in [4.78, 5) is 2.40. The van der Waals surface area contributed by atoms with Crippen LogP contribution in [0.1, 0.15) is 22.3 Å². The number of fused-ring (bicyclic) bond motifs is 5. The van der Waals surface area contributed by atoms with Gasteiger partial charge in [0.1, 0.15) is 0 Å². The van der Waals surface area contributed by atoms with Crippen LogP contribution in [0.25, 0.3) is 54.9 Å². The first-order valence-corrected chi connectivity index (χ1v) is 20.1. The molecule has 0 radical (unpaired) electrons. The summed E-state index contributed by atoms with van der Waals surface area (Å²) >= 11 is 0. The summed E-state index contributed by atoms with van der Waals surface area (Å²) in [6, 6.07) is 86.8. The number of nitrogens with zero attached hydrogens (tertiary/aromatic N) is 1. The fourth-order valence-electron chi connectivity index (χ4n) is 9.48. The van der Waals surface area contributed by atoms with Gasteiger partial charge in [-0.2, -0.15) is 0 Å². The summed E-state index contributed by atoms with van der Waals surface area (Å²) in [7, 11) is 0. The van der Waals surface area contributed by atoms with E-state index < -0.39 is 5.41 Å². The van der Waals surface area contributed by atoms with Crippen molar-refractivity contribution in [1.29, 1.82) is 0 Å². The van der Waals surface area contributed by atoms with Crippen LogP contribution in [0.2, 0.25) is 0 Å². The second-order valence-electron chi connectivity index (χ2n) is 15.3. The molecule has 0 aliphatic heterocycles. The fraction of sp³-hybridized carbons (Fsp3) is 0.0175. The highest BCUT2D eigenvalue weighted by atomic mass is 15.1. The van der Waals surface area contributed by atoms with Crippen molar-refractivity contribution in [3.8, 4) is 33.4 Å². The third-order valence-corrected chi connectivity index (χ3v) is 12.1. The number of hydrogen-bond donors (Lipinski definition) is 0. The molecule has 1 aliphatic carbocycles. The Morgan fingerprint density at radius 1 is 0.276 bits per heavy atom. The van der Waals surface area contributed by atoms with Crippen LogP contribution < -0.4 is 4.90 Å². The van der Waals surface area contributed by atoms with E-state index in [2.05, 4.69) is 241 Å². The van der Waals surface area contributed by atoms with Gasteiger partial charge >= 0.3 is 0 Å². The Hall–Kier alpha value is -7.48. The quantitative estimate of drug-likeness (QED) is 0.157. The zero-order valence-electron chi connectivity index (χ0n) is 32.0. The lowest BCUT2D eigenvalue weighted by Crippen LogP contribution is -2.28. The first-order valence-electron chi connectivity index (χ1n) is 20.1. The Labute approximate surface area is 339 Å². The van der Waals surface area contributed by atoms with Crippen LogP contribution >= 0.6 is 0 Å². The molecule has 0 N–H and O–H groups in total. The minimum Gasteiger partial charge on any atom is -0.310 e. The van der Waals surface area contributed by atoms with E-state index in [-0.39, 0.29) is 0 Å². The molecule has 1 aliphatic rings. The Bertz CT molecular complexity index is 3070. The van der Waals surface area contributed by atoms with Crippen LogP contribution in [0.5, 0.6) is 0 Å². The molecule has 10 aromatic carbocycles. The van der Waals surface area contributed by atoms with E-state index in [0.29, 0.717) is 0 Å². The predicted octanol–water partition coefficient (Wildman–Crippen LogP) is 15.2. The maximum atomic E-state index is 2.40. The first kappa shape index (κ1) is 33.8. The second kappa shape index (κ2) is 13.9. The molecule has 58 heavy (non-hydrogen) atoms. The molecule has 10 aromatic rings. The van der Waals surface area contributed by atoms with Gasteiger partial charge in [-0.3, -0.25) is 0 Å². The van der Waals surface area contributed by atoms with Gasteiger partial charge in [-0.1, -0.05) is 194 Å². The van der Waals surface area contributed by atoms with Crippen LogP contribution in [-0.2, 0) is 5.41 Å². The van der Waals surface area contributed by atoms with Crippen LogP contribution in [0.3, 0.4) is 0 Å². The van der Waals surface area contributed by atoms with E-state index in [9.17, 15) is 0 Å². The highest BCUT2D eigenvalue weighted by Gasteiger charge is 2.46. The summed E-state index contributed by atoms with van der Waals surface area (Å²) in [6.45, 7) is 0. The Morgan fingerprint density at radius 3 is 1.52 bits per heavy atom. The number of rotatable bonds is 7. The molecule has 0 unspecified atom stereocenters. The molecule has 11 rings (SSSR count). The molecule has 1 nitrogen and oxygen atoms in total. The zero-order valence-corrected chi connectivity index (χ0v) is 32.0. The summed E-state index contributed by atoms with van der Waals surface area (Å²) in [5.41, 5.74) is 15.4. The van der Waals surface area contributed by atoms with Crippen LogP contribution in [0.4, 0.5) is 17.1 Å². The normalized spacial score (nSPS) is 12.6. The number of hydrogen-bond acceptors (Lipinski definition) is 1. The van der Waals surface area contributed by atoms with Crippen LogP contribution in [0.15, 0.2) is 237 Å². The molecule has 0 atom stereocenters. The largest absolute Gasteiger partial charge is 0.310 e. The Morgan fingerprint density at radius 2 is 0.793 bits per heavy atom. The maximum absolute atomic E-state index is 2.40. The lowest BCUT2D eigenvalue weighted by molar-refractivity contribution is 0.768. The molecule has 0 saturated carbocycles. The summed E-state index contributed by atoms with van der Waals surface area (Å²) in [5.74, 6) is 0. The minimum atomic E-state index is -0.452. The average molecular weight is 738 g/mol. The van der Waals surface area contributed by atoms with Gasteiger partial charge in [0, 0.05) is 17.1 Å². The van der Waals surface area contributed by atoms with Crippen molar-refractivity contribution in [2.24, 2.45) is 0 Å². The SMILES string of the molecule is c1ccc(C2(c3ccccc3)c3ccccc3-c3c(-c4cccc(N(c5ccc(-c6ccc7ccccc7c6)cc5)c5ccc6ccccc6c5)c4)cccc32)cc1. The molecular formula is C57H39N. The lowest BCUT2D eigenvalue weighted by atomic mass is 9.67. The van der Waals surface area contributed by atoms with E-state index in [1.54, 1.807) is 0 Å². The first-order chi connectivity index (χ1) is 28.8. The molecule has 0 bridgehead atoms. The topological polar surface area (TPSA) is 3.24 Å². The standard InChI is InChI=1S/C57H39N/c1-3-20-47(21-4-1)57(48-22-5-2-6-23-48)54-27-12-11-25-53(54)56-52(26-14-28-55(56)57)46-19-13-24-50(39-46)58(51-36-33-41-16-8-10-18-44(41)38-51)49-34-31-42(32-35-49)45-30-29-40-15-7-9-17-43(40)37-45/h1-39H. The fourth-order valence-corrected chi connectivity index (χ4v) is 9.48. The Balaban J connectivity index is 1.08. The van der Waals surface area contributed by atoms with Crippen molar-refractivity contribution >= 4 is 38.6 Å². The minimum absolute atomic E-state index is 0.452. The molecule has 0 spiro atoms. The monoisotopic (exact) mass is 737 g/mol. The zero-order chi connectivity index (χ0) is 38.5. The van der Waals surface area contributed by atoms with Gasteiger partial charge in [-0.25, -0.2) is 0 Å². The van der Waals surface area contributed by atoms with E-state index >= 15 is 0 Å². The molecule has 0 aromatic heterocycles. The summed E-state index contributed by atoms with van der Waals surface area (Å²) in [5, 5.41) is 4.94. The van der Waals surface area contributed by atoms with E-state index in [1.165, 1.54) is 77.2 Å². The van der Waals surface area contributed by atoms with Crippen molar-refractivity contribution in [1.82, 2.24) is 0 Å². The van der Waals surface area contributed by atoms with Gasteiger partial charge in [0.15, 0.2) is 0 Å². The molecule has 272 valence electrons. The molecule has 1 heteroatoms. The van der Waals surface area contributed by atoms with Crippen molar-refractivity contribution in [3.05, 3.63) is 259 Å². The third kappa shape index (κ3) is 5.47. The van der Waals surface area contributed by atoms with Gasteiger partial charge in [0.2, 0.25) is 0 Å². The van der Waals surface area contributed by atoms with Gasteiger partial charge < -0.3 is 4.90 Å². The molecule has 0 fully saturated rings. The molecule has 0 saturated heterocycles. The van der Waals surface area contributed by atoms with E-state index in [0.717, 1.165) is 17.1 Å². The van der Waals surface area contributed by atoms with E-state index in [4.69, 9.17) is 0 Å².